The van der Waals surface area contributed by atoms with Crippen LogP contribution in [0.5, 0.6) is 5.75 Å². The number of rotatable bonds is 6. The second-order valence-electron chi connectivity index (χ2n) is 6.13. The predicted octanol–water partition coefficient (Wildman–Crippen LogP) is 4.06. The first-order valence-electron chi connectivity index (χ1n) is 7.90. The molecule has 0 unspecified atom stereocenters. The number of benzene rings is 1. The molecule has 0 radical (unpaired) electrons. The predicted molar refractivity (Wildman–Crippen MR) is 98.7 cm³/mol. The van der Waals surface area contributed by atoms with Crippen molar-refractivity contribution in [2.24, 2.45) is 5.92 Å². The van der Waals surface area contributed by atoms with Crippen LogP contribution in [0.15, 0.2) is 18.2 Å². The van der Waals surface area contributed by atoms with E-state index in [9.17, 15) is 4.39 Å². The molecule has 1 aromatic carbocycles. The lowest BCUT2D eigenvalue weighted by atomic mass is 9.94. The molecule has 0 aromatic heterocycles. The van der Waals surface area contributed by atoms with Crippen LogP contribution >= 0.6 is 24.8 Å². The highest BCUT2D eigenvalue weighted by Crippen LogP contribution is 2.35. The fraction of sp³-hybridized carbons (Fsp3) is 0.647. The van der Waals surface area contributed by atoms with E-state index in [-0.39, 0.29) is 36.7 Å². The van der Waals surface area contributed by atoms with Crippen LogP contribution in [-0.2, 0) is 0 Å². The molecule has 3 nitrogen and oxygen atoms in total. The van der Waals surface area contributed by atoms with Gasteiger partial charge in [0.05, 0.1) is 7.11 Å². The fourth-order valence-electron chi connectivity index (χ4n) is 3.01. The van der Waals surface area contributed by atoms with Gasteiger partial charge in [0.15, 0.2) is 0 Å². The molecular formula is C17H29Cl2FN2O. The number of nitrogens with zero attached hydrogens (tertiary/aromatic N) is 1. The molecule has 23 heavy (non-hydrogen) atoms. The van der Waals surface area contributed by atoms with E-state index >= 15 is 0 Å². The Morgan fingerprint density at radius 2 is 1.83 bits per heavy atom. The van der Waals surface area contributed by atoms with Crippen molar-refractivity contribution in [3.05, 3.63) is 29.6 Å². The van der Waals surface area contributed by atoms with Crippen LogP contribution in [-0.4, -0.2) is 38.2 Å². The number of hydrogen-bond acceptors (Lipinski definition) is 3. The van der Waals surface area contributed by atoms with Gasteiger partial charge >= 0.3 is 0 Å². The van der Waals surface area contributed by atoms with E-state index in [1.165, 1.54) is 0 Å². The number of halogens is 3. The standard InChI is InChI=1S/C17H27FN2O.2ClH/c1-13(2)7-8-15(20-11-9-19-10-12-20)17-14(18)5-4-6-16(17)21-3;;/h4-6,13,15,19H,7-12H2,1-3H3;2*1H/t15-;;/m0../s1. The van der Waals surface area contributed by atoms with Crippen molar-refractivity contribution in [3.8, 4) is 5.75 Å². The molecule has 0 amide bonds. The fourth-order valence-corrected chi connectivity index (χ4v) is 3.01. The topological polar surface area (TPSA) is 24.5 Å². The van der Waals surface area contributed by atoms with Crippen molar-refractivity contribution >= 4 is 24.8 Å². The van der Waals surface area contributed by atoms with Gasteiger partial charge in [0.2, 0.25) is 0 Å². The third kappa shape index (κ3) is 6.11. The molecule has 1 aliphatic rings. The van der Waals surface area contributed by atoms with Gasteiger partial charge in [0, 0.05) is 37.8 Å². The molecular weight excluding hydrogens is 338 g/mol. The van der Waals surface area contributed by atoms with Crippen molar-refractivity contribution in [1.29, 1.82) is 0 Å². The zero-order chi connectivity index (χ0) is 15.2. The molecule has 1 fully saturated rings. The highest BCUT2D eigenvalue weighted by Gasteiger charge is 2.27. The third-order valence-corrected chi connectivity index (χ3v) is 4.18. The highest BCUT2D eigenvalue weighted by atomic mass is 35.5. The number of methoxy groups -OCH3 is 1. The van der Waals surface area contributed by atoms with Gasteiger partial charge in [-0.2, -0.15) is 0 Å². The van der Waals surface area contributed by atoms with Crippen LogP contribution in [0.2, 0.25) is 0 Å². The Bertz CT molecular complexity index is 454. The van der Waals surface area contributed by atoms with Gasteiger partial charge < -0.3 is 10.1 Å². The Kier molecular flexibility index (Phi) is 10.8. The molecule has 1 N–H and O–H groups in total. The average molecular weight is 367 g/mol. The molecule has 1 atom stereocenters. The summed E-state index contributed by atoms with van der Waals surface area (Å²) in [7, 11) is 1.62. The Hall–Kier alpha value is -0.550. The van der Waals surface area contributed by atoms with Crippen molar-refractivity contribution < 1.29 is 9.13 Å². The molecule has 0 bridgehead atoms. The summed E-state index contributed by atoms with van der Waals surface area (Å²) in [5.74, 6) is 1.14. The Morgan fingerprint density at radius 3 is 2.39 bits per heavy atom. The lowest BCUT2D eigenvalue weighted by Crippen LogP contribution is -2.45. The van der Waals surface area contributed by atoms with Crippen molar-refractivity contribution in [2.45, 2.75) is 32.7 Å². The smallest absolute Gasteiger partial charge is 0.131 e. The van der Waals surface area contributed by atoms with Gasteiger partial charge in [-0.25, -0.2) is 4.39 Å². The first-order valence-corrected chi connectivity index (χ1v) is 7.90. The molecule has 0 saturated carbocycles. The molecule has 0 aliphatic carbocycles. The first kappa shape index (κ1) is 22.4. The zero-order valence-electron chi connectivity index (χ0n) is 14.2. The van der Waals surface area contributed by atoms with E-state index in [2.05, 4.69) is 24.1 Å². The number of piperazine rings is 1. The van der Waals surface area contributed by atoms with Gasteiger partial charge in [0.25, 0.3) is 0 Å². The maximum atomic E-state index is 14.4. The van der Waals surface area contributed by atoms with E-state index in [0.29, 0.717) is 11.7 Å². The summed E-state index contributed by atoms with van der Waals surface area (Å²) in [5, 5.41) is 3.36. The highest BCUT2D eigenvalue weighted by molar-refractivity contribution is 5.85. The van der Waals surface area contributed by atoms with Gasteiger partial charge in [0.1, 0.15) is 11.6 Å². The van der Waals surface area contributed by atoms with Crippen LogP contribution in [0, 0.1) is 11.7 Å². The average Bonchev–Trinajstić information content (AvgIpc) is 2.49. The van der Waals surface area contributed by atoms with Crippen LogP contribution in [0.3, 0.4) is 0 Å². The minimum atomic E-state index is -0.151. The van der Waals surface area contributed by atoms with E-state index < -0.39 is 0 Å². The Morgan fingerprint density at radius 1 is 1.17 bits per heavy atom. The van der Waals surface area contributed by atoms with Gasteiger partial charge in [-0.15, -0.1) is 24.8 Å². The summed E-state index contributed by atoms with van der Waals surface area (Å²) in [5.41, 5.74) is 0.725. The maximum Gasteiger partial charge on any atom is 0.131 e. The van der Waals surface area contributed by atoms with Gasteiger partial charge in [-0.05, 0) is 30.9 Å². The second kappa shape index (κ2) is 11.1. The number of ether oxygens (including phenoxy) is 1. The Balaban J connectivity index is 0.00000242. The molecule has 0 spiro atoms. The zero-order valence-corrected chi connectivity index (χ0v) is 15.8. The lowest BCUT2D eigenvalue weighted by molar-refractivity contribution is 0.154. The minimum Gasteiger partial charge on any atom is -0.496 e. The van der Waals surface area contributed by atoms with E-state index in [1.54, 1.807) is 19.2 Å². The van der Waals surface area contributed by atoms with Crippen LogP contribution < -0.4 is 10.1 Å². The SMILES string of the molecule is COc1cccc(F)c1[C@H](CCC(C)C)N1CCNCC1.Cl.Cl. The Labute approximate surface area is 151 Å². The van der Waals surface area contributed by atoms with Crippen molar-refractivity contribution in [2.75, 3.05) is 33.3 Å². The molecule has 1 heterocycles. The summed E-state index contributed by atoms with van der Waals surface area (Å²) >= 11 is 0. The molecule has 6 heteroatoms. The molecule has 1 aliphatic heterocycles. The lowest BCUT2D eigenvalue weighted by Gasteiger charge is -2.36. The molecule has 2 rings (SSSR count). The van der Waals surface area contributed by atoms with Crippen LogP contribution in [0.1, 0.15) is 38.3 Å². The summed E-state index contributed by atoms with van der Waals surface area (Å²) in [4.78, 5) is 2.39. The molecule has 1 saturated heterocycles. The van der Waals surface area contributed by atoms with Crippen LogP contribution in [0.4, 0.5) is 4.39 Å². The maximum absolute atomic E-state index is 14.4. The summed E-state index contributed by atoms with van der Waals surface area (Å²) in [6.45, 7) is 8.28. The van der Waals surface area contributed by atoms with Crippen molar-refractivity contribution in [1.82, 2.24) is 10.2 Å². The molecule has 134 valence electrons. The number of nitrogens with one attached hydrogen (secondary N) is 1. The van der Waals surface area contributed by atoms with Crippen molar-refractivity contribution in [3.63, 3.8) is 0 Å². The van der Waals surface area contributed by atoms with Gasteiger partial charge in [-0.3, -0.25) is 4.90 Å². The first-order chi connectivity index (χ1) is 10.1. The second-order valence-corrected chi connectivity index (χ2v) is 6.13. The third-order valence-electron chi connectivity index (χ3n) is 4.18. The monoisotopic (exact) mass is 366 g/mol. The largest absolute Gasteiger partial charge is 0.496 e. The van der Waals surface area contributed by atoms with E-state index in [0.717, 1.165) is 44.6 Å². The van der Waals surface area contributed by atoms with Gasteiger partial charge in [-0.1, -0.05) is 19.9 Å². The number of hydrogen-bond donors (Lipinski definition) is 1. The summed E-state index contributed by atoms with van der Waals surface area (Å²) < 4.78 is 19.9. The van der Waals surface area contributed by atoms with E-state index in [4.69, 9.17) is 4.74 Å². The normalized spacial score (nSPS) is 16.4. The molecule has 1 aromatic rings. The minimum absolute atomic E-state index is 0. The van der Waals surface area contributed by atoms with E-state index in [1.807, 2.05) is 6.07 Å². The quantitative estimate of drug-likeness (QED) is 0.821. The summed E-state index contributed by atoms with van der Waals surface area (Å²) in [6.07, 6.45) is 2.06. The summed E-state index contributed by atoms with van der Waals surface area (Å²) in [6, 6.07) is 5.23. The van der Waals surface area contributed by atoms with Crippen LogP contribution in [0.25, 0.3) is 0 Å².